The molecule has 1 N–H and O–H groups in total. The Labute approximate surface area is 172 Å². The number of carbonyl (C=O) groups excluding carboxylic acids is 1. The van der Waals surface area contributed by atoms with Crippen LogP contribution < -0.4 is 5.32 Å². The number of thioether (sulfide) groups is 1. The van der Waals surface area contributed by atoms with Gasteiger partial charge in [0.05, 0.1) is 18.6 Å². The molecule has 0 aliphatic carbocycles. The molecule has 0 unspecified atom stereocenters. The second-order valence-corrected chi connectivity index (χ2v) is 7.21. The number of nitrogens with zero attached hydrogens (tertiary/aromatic N) is 4. The molecule has 29 heavy (non-hydrogen) atoms. The summed E-state index contributed by atoms with van der Waals surface area (Å²) in [7, 11) is 0. The van der Waals surface area contributed by atoms with Crippen LogP contribution in [0.5, 0.6) is 0 Å². The average molecular weight is 405 g/mol. The first-order valence-electron chi connectivity index (χ1n) is 9.09. The zero-order valence-electron chi connectivity index (χ0n) is 15.6. The highest BCUT2D eigenvalue weighted by atomic mass is 32.2. The predicted molar refractivity (Wildman–Crippen MR) is 110 cm³/mol. The number of rotatable bonds is 8. The number of furan rings is 1. The summed E-state index contributed by atoms with van der Waals surface area (Å²) in [5.41, 5.74) is 1.91. The van der Waals surface area contributed by atoms with Crippen LogP contribution in [0, 0.1) is 0 Å². The lowest BCUT2D eigenvalue weighted by molar-refractivity contribution is -0.118. The molecular weight excluding hydrogens is 386 g/mol. The second-order valence-electron chi connectivity index (χ2n) is 6.26. The molecule has 0 fully saturated rings. The molecule has 146 valence electrons. The van der Waals surface area contributed by atoms with E-state index in [1.165, 1.54) is 11.8 Å². The Hall–Kier alpha value is -3.39. The third-order valence-corrected chi connectivity index (χ3v) is 5.16. The number of aromatic nitrogens is 4. The fourth-order valence-electron chi connectivity index (χ4n) is 2.78. The molecule has 0 spiro atoms. The van der Waals surface area contributed by atoms with Gasteiger partial charge >= 0.3 is 0 Å². The van der Waals surface area contributed by atoms with Crippen LogP contribution in [0.3, 0.4) is 0 Å². The van der Waals surface area contributed by atoms with E-state index in [2.05, 4.69) is 20.5 Å². The van der Waals surface area contributed by atoms with Crippen molar-refractivity contribution in [2.75, 3.05) is 5.75 Å². The van der Waals surface area contributed by atoms with E-state index in [1.54, 1.807) is 18.7 Å². The zero-order valence-corrected chi connectivity index (χ0v) is 16.4. The van der Waals surface area contributed by atoms with Crippen molar-refractivity contribution < 1.29 is 9.21 Å². The number of amides is 1. The number of carbonyl (C=O) groups is 1. The van der Waals surface area contributed by atoms with Crippen LogP contribution >= 0.6 is 11.8 Å². The molecule has 0 saturated heterocycles. The molecule has 1 amide bonds. The first-order valence-corrected chi connectivity index (χ1v) is 10.1. The monoisotopic (exact) mass is 405 g/mol. The van der Waals surface area contributed by atoms with Gasteiger partial charge in [-0.05, 0) is 29.8 Å². The van der Waals surface area contributed by atoms with Crippen molar-refractivity contribution in [1.29, 1.82) is 0 Å². The maximum Gasteiger partial charge on any atom is 0.230 e. The van der Waals surface area contributed by atoms with Crippen LogP contribution in [0.1, 0.15) is 11.3 Å². The quantitative estimate of drug-likeness (QED) is 0.452. The molecule has 4 aromatic rings. The topological polar surface area (TPSA) is 85.8 Å². The van der Waals surface area contributed by atoms with Gasteiger partial charge in [0.1, 0.15) is 5.76 Å². The molecule has 0 saturated carbocycles. The number of benzene rings is 1. The lowest BCUT2D eigenvalue weighted by Gasteiger charge is -2.09. The minimum absolute atomic E-state index is 0.0608. The van der Waals surface area contributed by atoms with Gasteiger partial charge in [-0.1, -0.05) is 42.1 Å². The van der Waals surface area contributed by atoms with E-state index in [0.717, 1.165) is 16.9 Å². The number of hydrogen-bond donors (Lipinski definition) is 1. The highest BCUT2D eigenvalue weighted by Crippen LogP contribution is 2.24. The van der Waals surface area contributed by atoms with Crippen LogP contribution in [-0.4, -0.2) is 31.4 Å². The van der Waals surface area contributed by atoms with Crippen molar-refractivity contribution in [2.45, 2.75) is 18.2 Å². The fourth-order valence-corrected chi connectivity index (χ4v) is 3.55. The summed E-state index contributed by atoms with van der Waals surface area (Å²) in [6, 6.07) is 17.3. The number of pyridine rings is 1. The lowest BCUT2D eigenvalue weighted by atomic mass is 10.2. The van der Waals surface area contributed by atoms with Crippen molar-refractivity contribution in [3.05, 3.63) is 84.6 Å². The van der Waals surface area contributed by atoms with Gasteiger partial charge in [0.15, 0.2) is 11.0 Å². The SMILES string of the molecule is O=C(CSc1nnc(-c2cccnc2)n1Cc1ccco1)NCc1ccccc1. The molecule has 4 rings (SSSR count). The summed E-state index contributed by atoms with van der Waals surface area (Å²) >= 11 is 1.34. The third-order valence-electron chi connectivity index (χ3n) is 4.20. The van der Waals surface area contributed by atoms with Gasteiger partial charge in [0.2, 0.25) is 5.91 Å². The molecule has 0 aliphatic rings. The second kappa shape index (κ2) is 9.20. The summed E-state index contributed by atoms with van der Waals surface area (Å²) < 4.78 is 7.42. The van der Waals surface area contributed by atoms with Crippen LogP contribution in [0.2, 0.25) is 0 Å². The summed E-state index contributed by atoms with van der Waals surface area (Å²) in [6.45, 7) is 0.971. The van der Waals surface area contributed by atoms with Crippen LogP contribution in [0.25, 0.3) is 11.4 Å². The fraction of sp³-hybridized carbons (Fsp3) is 0.143. The minimum atomic E-state index is -0.0608. The van der Waals surface area contributed by atoms with Gasteiger partial charge < -0.3 is 9.73 Å². The Morgan fingerprint density at radius 2 is 1.97 bits per heavy atom. The highest BCUT2D eigenvalue weighted by molar-refractivity contribution is 7.99. The molecule has 0 atom stereocenters. The predicted octanol–water partition coefficient (Wildman–Crippen LogP) is 3.39. The molecule has 0 bridgehead atoms. The molecule has 7 nitrogen and oxygen atoms in total. The Morgan fingerprint density at radius 3 is 2.72 bits per heavy atom. The number of hydrogen-bond acceptors (Lipinski definition) is 6. The lowest BCUT2D eigenvalue weighted by Crippen LogP contribution is -2.24. The van der Waals surface area contributed by atoms with E-state index in [-0.39, 0.29) is 11.7 Å². The Bertz CT molecular complexity index is 1050. The van der Waals surface area contributed by atoms with Gasteiger partial charge in [-0.25, -0.2) is 0 Å². The summed E-state index contributed by atoms with van der Waals surface area (Å²) in [5, 5.41) is 12.2. The normalized spacial score (nSPS) is 10.8. The van der Waals surface area contributed by atoms with Crippen molar-refractivity contribution in [3.8, 4) is 11.4 Å². The summed E-state index contributed by atoms with van der Waals surface area (Å²) in [4.78, 5) is 16.4. The van der Waals surface area contributed by atoms with Gasteiger partial charge in [-0.2, -0.15) is 0 Å². The van der Waals surface area contributed by atoms with E-state index >= 15 is 0 Å². The Kier molecular flexibility index (Phi) is 6.01. The largest absolute Gasteiger partial charge is 0.467 e. The van der Waals surface area contributed by atoms with Crippen molar-refractivity contribution in [1.82, 2.24) is 25.1 Å². The third kappa shape index (κ3) is 4.91. The molecule has 0 aliphatic heterocycles. The molecule has 3 heterocycles. The highest BCUT2D eigenvalue weighted by Gasteiger charge is 2.17. The van der Waals surface area contributed by atoms with Crippen molar-refractivity contribution >= 4 is 17.7 Å². The molecule has 8 heteroatoms. The van der Waals surface area contributed by atoms with Gasteiger partial charge in [0.25, 0.3) is 0 Å². The van der Waals surface area contributed by atoms with E-state index in [9.17, 15) is 4.79 Å². The van der Waals surface area contributed by atoms with E-state index < -0.39 is 0 Å². The van der Waals surface area contributed by atoms with E-state index in [1.807, 2.05) is 59.2 Å². The van der Waals surface area contributed by atoms with Gasteiger partial charge in [-0.3, -0.25) is 14.3 Å². The zero-order chi connectivity index (χ0) is 19.9. The first kappa shape index (κ1) is 18.9. The maximum atomic E-state index is 12.3. The molecule has 3 aromatic heterocycles. The Morgan fingerprint density at radius 1 is 1.07 bits per heavy atom. The van der Waals surface area contributed by atoms with Crippen LogP contribution in [-0.2, 0) is 17.9 Å². The maximum absolute atomic E-state index is 12.3. The number of nitrogens with one attached hydrogen (secondary N) is 1. The van der Waals surface area contributed by atoms with Crippen molar-refractivity contribution in [2.24, 2.45) is 0 Å². The van der Waals surface area contributed by atoms with Crippen LogP contribution in [0.4, 0.5) is 0 Å². The molecule has 0 radical (unpaired) electrons. The van der Waals surface area contributed by atoms with E-state index in [0.29, 0.717) is 24.1 Å². The van der Waals surface area contributed by atoms with E-state index in [4.69, 9.17) is 4.42 Å². The molecular formula is C21H19N5O2S. The smallest absolute Gasteiger partial charge is 0.230 e. The Balaban J connectivity index is 1.46. The van der Waals surface area contributed by atoms with Crippen LogP contribution in [0.15, 0.2) is 82.8 Å². The standard InChI is InChI=1S/C21H19N5O2S/c27-19(23-12-16-6-2-1-3-7-16)15-29-21-25-24-20(17-8-4-10-22-13-17)26(21)14-18-9-5-11-28-18/h1-11,13H,12,14-15H2,(H,23,27). The van der Waals surface area contributed by atoms with Crippen molar-refractivity contribution in [3.63, 3.8) is 0 Å². The summed E-state index contributed by atoms with van der Waals surface area (Å²) in [6.07, 6.45) is 5.08. The summed E-state index contributed by atoms with van der Waals surface area (Å²) in [5.74, 6) is 1.65. The first-order chi connectivity index (χ1) is 14.3. The minimum Gasteiger partial charge on any atom is -0.467 e. The average Bonchev–Trinajstić information content (AvgIpc) is 3.42. The molecule has 1 aromatic carbocycles. The van der Waals surface area contributed by atoms with Gasteiger partial charge in [0, 0.05) is 24.5 Å². The van der Waals surface area contributed by atoms with Gasteiger partial charge in [-0.15, -0.1) is 10.2 Å².